The van der Waals surface area contributed by atoms with E-state index in [1.807, 2.05) is 72.0 Å². The lowest BCUT2D eigenvalue weighted by molar-refractivity contribution is 1.07. The summed E-state index contributed by atoms with van der Waals surface area (Å²) in [6.45, 7) is 0. The summed E-state index contributed by atoms with van der Waals surface area (Å²) in [5.74, 6) is 1.97. The zero-order valence-corrected chi connectivity index (χ0v) is 30.6. The molecule has 0 N–H and O–H groups in total. The summed E-state index contributed by atoms with van der Waals surface area (Å²) >= 11 is 1.89. The van der Waals surface area contributed by atoms with Crippen molar-refractivity contribution in [2.24, 2.45) is 0 Å². The Morgan fingerprint density at radius 3 is 1.16 bits per heavy atom. The van der Waals surface area contributed by atoms with Crippen molar-refractivity contribution in [1.29, 1.82) is 0 Å². The van der Waals surface area contributed by atoms with Crippen molar-refractivity contribution >= 4 is 31.5 Å². The Kier molecular flexibility index (Phi) is 8.36. The Hall–Kier alpha value is -7.01. The molecule has 55 heavy (non-hydrogen) atoms. The van der Waals surface area contributed by atoms with Gasteiger partial charge in [-0.1, -0.05) is 188 Å². The van der Waals surface area contributed by atoms with Gasteiger partial charge in [-0.05, 0) is 51.1 Å². The van der Waals surface area contributed by atoms with Gasteiger partial charge in [0, 0.05) is 42.4 Å². The number of benzene rings is 8. The number of aromatic nitrogens is 3. The third-order valence-electron chi connectivity index (χ3n) is 10.2. The first-order chi connectivity index (χ1) is 27.2. The van der Waals surface area contributed by atoms with Crippen LogP contribution in [0.1, 0.15) is 0 Å². The van der Waals surface area contributed by atoms with Crippen LogP contribution < -0.4 is 0 Å². The van der Waals surface area contributed by atoms with Gasteiger partial charge in [0.15, 0.2) is 17.5 Å². The molecule has 0 saturated carbocycles. The van der Waals surface area contributed by atoms with Crippen molar-refractivity contribution in [3.63, 3.8) is 0 Å². The van der Waals surface area contributed by atoms with Gasteiger partial charge in [0.25, 0.3) is 0 Å². The Morgan fingerprint density at radius 2 is 0.636 bits per heavy atom. The number of hydrogen-bond donors (Lipinski definition) is 0. The predicted molar refractivity (Wildman–Crippen MR) is 231 cm³/mol. The average molecular weight is 720 g/mol. The van der Waals surface area contributed by atoms with E-state index in [9.17, 15) is 0 Å². The van der Waals surface area contributed by atoms with E-state index in [-0.39, 0.29) is 0 Å². The van der Waals surface area contributed by atoms with Gasteiger partial charge in [-0.2, -0.15) is 0 Å². The van der Waals surface area contributed by atoms with Crippen molar-refractivity contribution in [3.8, 4) is 78.7 Å². The number of nitrogens with zero attached hydrogens (tertiary/aromatic N) is 3. The van der Waals surface area contributed by atoms with E-state index in [4.69, 9.17) is 15.0 Å². The summed E-state index contributed by atoms with van der Waals surface area (Å²) in [6.07, 6.45) is 0. The third kappa shape index (κ3) is 6.29. The van der Waals surface area contributed by atoms with E-state index in [2.05, 4.69) is 140 Å². The first-order valence-corrected chi connectivity index (χ1v) is 19.3. The molecule has 0 aliphatic heterocycles. The summed E-state index contributed by atoms with van der Waals surface area (Å²) in [6, 6.07) is 70.5. The Balaban J connectivity index is 1.00. The maximum Gasteiger partial charge on any atom is 0.164 e. The summed E-state index contributed by atoms with van der Waals surface area (Å²) < 4.78 is 2.62. The monoisotopic (exact) mass is 719 g/mol. The number of fused-ring (bicyclic) bond motifs is 3. The molecule has 0 atom stereocenters. The van der Waals surface area contributed by atoms with Crippen LogP contribution in [0.5, 0.6) is 0 Å². The molecular formula is C51H33N3S. The zero-order valence-electron chi connectivity index (χ0n) is 29.8. The van der Waals surface area contributed by atoms with Crippen LogP contribution in [0.2, 0.25) is 0 Å². The fourth-order valence-electron chi connectivity index (χ4n) is 7.35. The smallest absolute Gasteiger partial charge is 0.164 e. The molecule has 0 spiro atoms. The molecule has 0 aliphatic carbocycles. The summed E-state index contributed by atoms with van der Waals surface area (Å²) in [5.41, 5.74) is 12.6. The fraction of sp³-hybridized carbons (Fsp3) is 0. The molecule has 0 bridgehead atoms. The number of thiophene rings is 1. The van der Waals surface area contributed by atoms with Crippen LogP contribution in [-0.2, 0) is 0 Å². The SMILES string of the molecule is c1ccc(-c2cc(-c3ccccc3)c3sc4c(-c5ccc(-c6ccc(-c7nc(-c8ccccc8)nc(-c8ccccc8)n7)cc6)cc5)cccc4c3c2)cc1. The molecule has 0 saturated heterocycles. The van der Waals surface area contributed by atoms with Crippen LogP contribution in [0.4, 0.5) is 0 Å². The van der Waals surface area contributed by atoms with E-state index in [0.29, 0.717) is 17.5 Å². The molecule has 10 rings (SSSR count). The molecule has 2 heterocycles. The minimum Gasteiger partial charge on any atom is -0.208 e. The van der Waals surface area contributed by atoms with E-state index in [1.165, 1.54) is 53.6 Å². The largest absolute Gasteiger partial charge is 0.208 e. The third-order valence-corrected chi connectivity index (χ3v) is 11.4. The van der Waals surface area contributed by atoms with Crippen molar-refractivity contribution < 1.29 is 0 Å². The first kappa shape index (κ1) is 32.6. The molecule has 0 radical (unpaired) electrons. The van der Waals surface area contributed by atoms with Crippen LogP contribution in [0.15, 0.2) is 200 Å². The van der Waals surface area contributed by atoms with Crippen molar-refractivity contribution in [2.45, 2.75) is 0 Å². The lowest BCUT2D eigenvalue weighted by Gasteiger charge is -2.09. The molecule has 258 valence electrons. The van der Waals surface area contributed by atoms with Gasteiger partial charge in [0.2, 0.25) is 0 Å². The molecule has 0 unspecified atom stereocenters. The minimum absolute atomic E-state index is 0.650. The van der Waals surface area contributed by atoms with Crippen LogP contribution in [-0.4, -0.2) is 15.0 Å². The Morgan fingerprint density at radius 1 is 0.255 bits per heavy atom. The number of rotatable bonds is 7. The lowest BCUT2D eigenvalue weighted by atomic mass is 9.95. The van der Waals surface area contributed by atoms with Crippen LogP contribution in [0, 0.1) is 0 Å². The highest BCUT2D eigenvalue weighted by atomic mass is 32.1. The maximum absolute atomic E-state index is 4.91. The predicted octanol–water partition coefficient (Wildman–Crippen LogP) is 13.9. The molecule has 0 fully saturated rings. The molecule has 2 aromatic heterocycles. The van der Waals surface area contributed by atoms with Gasteiger partial charge in [-0.15, -0.1) is 11.3 Å². The topological polar surface area (TPSA) is 38.7 Å². The molecule has 8 aromatic carbocycles. The quantitative estimate of drug-likeness (QED) is 0.165. The molecular weight excluding hydrogens is 687 g/mol. The van der Waals surface area contributed by atoms with Gasteiger partial charge >= 0.3 is 0 Å². The van der Waals surface area contributed by atoms with E-state index in [0.717, 1.165) is 27.8 Å². The standard InChI is InChI=1S/C51H33N3S/c1-5-14-34(15-6-1)42-32-45(37-16-7-2-8-17-37)48-46(33-42)44-23-13-22-43(47(44)55-48)38-28-24-35(25-29-38)36-26-30-41(31-27-36)51-53-49(39-18-9-3-10-19-39)52-50(54-51)40-20-11-4-12-21-40/h1-33H. The van der Waals surface area contributed by atoms with Crippen molar-refractivity contribution in [3.05, 3.63) is 200 Å². The number of hydrogen-bond acceptors (Lipinski definition) is 4. The summed E-state index contributed by atoms with van der Waals surface area (Å²) in [7, 11) is 0. The van der Waals surface area contributed by atoms with Gasteiger partial charge in [-0.3, -0.25) is 0 Å². The van der Waals surface area contributed by atoms with E-state index in [1.54, 1.807) is 0 Å². The summed E-state index contributed by atoms with van der Waals surface area (Å²) in [5, 5.41) is 2.58. The van der Waals surface area contributed by atoms with Crippen molar-refractivity contribution in [2.75, 3.05) is 0 Å². The van der Waals surface area contributed by atoms with E-state index >= 15 is 0 Å². The molecule has 0 amide bonds. The normalized spacial score (nSPS) is 11.3. The average Bonchev–Trinajstić information content (AvgIpc) is 3.66. The highest BCUT2D eigenvalue weighted by molar-refractivity contribution is 7.26. The first-order valence-electron chi connectivity index (χ1n) is 18.4. The molecule has 3 nitrogen and oxygen atoms in total. The molecule has 10 aromatic rings. The van der Waals surface area contributed by atoms with E-state index < -0.39 is 0 Å². The van der Waals surface area contributed by atoms with Crippen LogP contribution in [0.25, 0.3) is 98.8 Å². The van der Waals surface area contributed by atoms with Crippen LogP contribution >= 0.6 is 11.3 Å². The Bertz CT molecular complexity index is 2870. The lowest BCUT2D eigenvalue weighted by Crippen LogP contribution is -2.00. The highest BCUT2D eigenvalue weighted by Crippen LogP contribution is 2.46. The second-order valence-electron chi connectivity index (χ2n) is 13.6. The van der Waals surface area contributed by atoms with Crippen molar-refractivity contribution in [1.82, 2.24) is 15.0 Å². The summed E-state index contributed by atoms with van der Waals surface area (Å²) in [4.78, 5) is 14.7. The molecule has 4 heteroatoms. The van der Waals surface area contributed by atoms with Gasteiger partial charge in [0.1, 0.15) is 0 Å². The fourth-order valence-corrected chi connectivity index (χ4v) is 8.70. The van der Waals surface area contributed by atoms with Crippen LogP contribution in [0.3, 0.4) is 0 Å². The minimum atomic E-state index is 0.650. The van der Waals surface area contributed by atoms with Gasteiger partial charge in [0.05, 0.1) is 0 Å². The second-order valence-corrected chi connectivity index (χ2v) is 14.6. The maximum atomic E-state index is 4.91. The molecule has 0 aliphatic rings. The zero-order chi connectivity index (χ0) is 36.6. The van der Waals surface area contributed by atoms with Gasteiger partial charge in [-0.25, -0.2) is 15.0 Å². The second kappa shape index (κ2) is 14.1. The highest BCUT2D eigenvalue weighted by Gasteiger charge is 2.17. The van der Waals surface area contributed by atoms with Gasteiger partial charge < -0.3 is 0 Å². The Labute approximate surface area is 323 Å².